The molecule has 0 aliphatic heterocycles. The van der Waals surface area contributed by atoms with Crippen molar-refractivity contribution in [1.82, 2.24) is 9.97 Å². The highest BCUT2D eigenvalue weighted by atomic mass is 35.5. The van der Waals surface area contributed by atoms with E-state index >= 15 is 0 Å². The Bertz CT molecular complexity index is 1250. The van der Waals surface area contributed by atoms with Crippen molar-refractivity contribution in [2.75, 3.05) is 0 Å². The first-order valence-electron chi connectivity index (χ1n) is 10.6. The van der Waals surface area contributed by atoms with Crippen LogP contribution in [0.15, 0.2) is 64.2 Å². The van der Waals surface area contributed by atoms with Gasteiger partial charge in [-0.3, -0.25) is 9.78 Å². The van der Waals surface area contributed by atoms with Gasteiger partial charge in [-0.1, -0.05) is 48.0 Å². The first-order chi connectivity index (χ1) is 15.4. The number of rotatable bonds is 6. The van der Waals surface area contributed by atoms with Gasteiger partial charge in [0.1, 0.15) is 5.75 Å². The lowest BCUT2D eigenvalue weighted by Crippen LogP contribution is -2.30. The Kier molecular flexibility index (Phi) is 6.61. The van der Waals surface area contributed by atoms with Crippen molar-refractivity contribution in [3.63, 3.8) is 0 Å². The minimum absolute atomic E-state index is 0.0289. The van der Waals surface area contributed by atoms with Crippen molar-refractivity contribution in [2.45, 2.75) is 44.9 Å². The Morgan fingerprint density at radius 3 is 2.59 bits per heavy atom. The lowest BCUT2D eigenvalue weighted by atomic mass is 9.83. The van der Waals surface area contributed by atoms with Gasteiger partial charge in [0.05, 0.1) is 5.02 Å². The van der Waals surface area contributed by atoms with Crippen LogP contribution in [0.25, 0.3) is 5.57 Å². The fourth-order valence-corrected chi connectivity index (χ4v) is 4.50. The first kappa shape index (κ1) is 22.1. The van der Waals surface area contributed by atoms with Crippen molar-refractivity contribution in [3.05, 3.63) is 103 Å². The topological polar surface area (TPSA) is 75.0 Å². The molecule has 0 amide bonds. The molecule has 2 N–H and O–H groups in total. The van der Waals surface area contributed by atoms with Gasteiger partial charge < -0.3 is 9.72 Å². The van der Waals surface area contributed by atoms with E-state index in [1.54, 1.807) is 12.1 Å². The van der Waals surface area contributed by atoms with Crippen molar-refractivity contribution in [2.24, 2.45) is 0 Å². The van der Waals surface area contributed by atoms with E-state index < -0.39 is 12.0 Å². The molecule has 2 atom stereocenters. The Hall–Kier alpha value is -3.12. The van der Waals surface area contributed by atoms with Crippen LogP contribution in [0.1, 0.15) is 54.5 Å². The molecule has 0 saturated carbocycles. The molecule has 2 aromatic carbocycles. The normalized spacial score (nSPS) is 17.0. The number of hydrogen-bond donors (Lipinski definition) is 2. The fraction of sp³-hybridized carbons (Fsp3) is 0.280. The molecule has 166 valence electrons. The summed E-state index contributed by atoms with van der Waals surface area (Å²) in [5, 5.41) is 0.502. The monoisotopic (exact) mass is 454 g/mol. The quantitative estimate of drug-likeness (QED) is 0.527. The van der Waals surface area contributed by atoms with Crippen LogP contribution < -0.4 is 16.0 Å². The Balaban J connectivity index is 1.59. The molecule has 0 saturated heterocycles. The summed E-state index contributed by atoms with van der Waals surface area (Å²) < 4.78 is 18.1. The van der Waals surface area contributed by atoms with E-state index in [0.29, 0.717) is 34.9 Å². The molecule has 1 aliphatic rings. The van der Waals surface area contributed by atoms with E-state index in [2.05, 4.69) is 16.0 Å². The third-order valence-electron chi connectivity index (χ3n) is 5.70. The third-order valence-corrected chi connectivity index (χ3v) is 6.02. The molecule has 7 heteroatoms. The largest absolute Gasteiger partial charge is 0.461 e. The van der Waals surface area contributed by atoms with E-state index in [1.165, 1.54) is 6.92 Å². The van der Waals surface area contributed by atoms with E-state index in [4.69, 9.17) is 16.3 Å². The standard InChI is InChI=1S/C25H24ClFN2O3/c1-15(27)32-19-11-12-20(22(26)14-19)17-7-9-18(10-8-17)23-21(24(30)29-25(31)28-23)13-16-5-3-2-4-6-16/h2-7,11-12,14-15,18H,8-10,13H2,1H3,(H2,28,29,30,31). The molecule has 2 unspecified atom stereocenters. The number of hydrogen-bond acceptors (Lipinski definition) is 3. The maximum atomic E-state index is 13.1. The summed E-state index contributed by atoms with van der Waals surface area (Å²) in [6.45, 7) is 1.32. The smallest absolute Gasteiger partial charge is 0.325 e. The SMILES string of the molecule is CC(F)Oc1ccc(C2=CCC(c3[nH]c(=O)[nH]c(=O)c3Cc3ccccc3)CC2)c(Cl)c1. The first-order valence-corrected chi connectivity index (χ1v) is 11.0. The molecular weight excluding hydrogens is 431 g/mol. The molecule has 1 aliphatic carbocycles. The second-order valence-corrected chi connectivity index (χ2v) is 8.37. The van der Waals surface area contributed by atoms with Crippen LogP contribution in [0.5, 0.6) is 5.75 Å². The molecule has 0 fully saturated rings. The molecule has 0 bridgehead atoms. The Morgan fingerprint density at radius 1 is 1.16 bits per heavy atom. The van der Waals surface area contributed by atoms with Gasteiger partial charge in [-0.15, -0.1) is 0 Å². The number of ether oxygens (including phenoxy) is 1. The summed E-state index contributed by atoms with van der Waals surface area (Å²) in [6.07, 6.45) is 3.32. The van der Waals surface area contributed by atoms with Crippen molar-refractivity contribution >= 4 is 17.2 Å². The van der Waals surface area contributed by atoms with Crippen molar-refractivity contribution < 1.29 is 9.13 Å². The highest BCUT2D eigenvalue weighted by Crippen LogP contribution is 2.39. The zero-order valence-electron chi connectivity index (χ0n) is 17.7. The van der Waals surface area contributed by atoms with Crippen LogP contribution in [0.3, 0.4) is 0 Å². The number of alkyl halides is 1. The maximum absolute atomic E-state index is 13.1. The molecule has 3 aromatic rings. The van der Waals surface area contributed by atoms with Gasteiger partial charge in [-0.05, 0) is 54.2 Å². The predicted octanol–water partition coefficient (Wildman–Crippen LogP) is 5.35. The summed E-state index contributed by atoms with van der Waals surface area (Å²) in [6, 6.07) is 14.9. The number of H-pyrrole nitrogens is 2. The Labute approximate surface area is 189 Å². The number of benzene rings is 2. The van der Waals surface area contributed by atoms with Crippen LogP contribution >= 0.6 is 11.6 Å². The van der Waals surface area contributed by atoms with E-state index in [1.807, 2.05) is 36.4 Å². The zero-order chi connectivity index (χ0) is 22.7. The molecule has 1 aromatic heterocycles. The zero-order valence-corrected chi connectivity index (χ0v) is 18.4. The lowest BCUT2D eigenvalue weighted by Gasteiger charge is -2.24. The van der Waals surface area contributed by atoms with Gasteiger partial charge in [0.15, 0.2) is 0 Å². The van der Waals surface area contributed by atoms with Gasteiger partial charge in [0.2, 0.25) is 6.36 Å². The number of halogens is 2. The summed E-state index contributed by atoms with van der Waals surface area (Å²) in [5.41, 5.74) is 3.44. The number of aromatic amines is 2. The molecule has 0 radical (unpaired) electrons. The predicted molar refractivity (Wildman–Crippen MR) is 124 cm³/mol. The van der Waals surface area contributed by atoms with E-state index in [0.717, 1.165) is 29.5 Å². The van der Waals surface area contributed by atoms with Crippen LogP contribution in [-0.2, 0) is 6.42 Å². The van der Waals surface area contributed by atoms with Gasteiger partial charge >= 0.3 is 5.69 Å². The number of aromatic nitrogens is 2. The highest BCUT2D eigenvalue weighted by molar-refractivity contribution is 6.32. The molecule has 0 spiro atoms. The van der Waals surface area contributed by atoms with Crippen molar-refractivity contribution in [1.29, 1.82) is 0 Å². The van der Waals surface area contributed by atoms with E-state index in [-0.39, 0.29) is 11.5 Å². The second-order valence-electron chi connectivity index (χ2n) is 7.97. The minimum atomic E-state index is -1.41. The lowest BCUT2D eigenvalue weighted by molar-refractivity contribution is 0.0861. The Morgan fingerprint density at radius 2 is 1.94 bits per heavy atom. The van der Waals surface area contributed by atoms with E-state index in [9.17, 15) is 14.0 Å². The molecule has 5 nitrogen and oxygen atoms in total. The van der Waals surface area contributed by atoms with Crippen LogP contribution in [0, 0.1) is 0 Å². The third kappa shape index (κ3) is 5.02. The molecular formula is C25H24ClFN2O3. The number of nitrogens with one attached hydrogen (secondary N) is 2. The average Bonchev–Trinajstić information content (AvgIpc) is 2.76. The van der Waals surface area contributed by atoms with Crippen LogP contribution in [-0.4, -0.2) is 16.3 Å². The second kappa shape index (κ2) is 9.57. The van der Waals surface area contributed by atoms with Crippen LogP contribution in [0.4, 0.5) is 4.39 Å². The molecule has 4 rings (SSSR count). The summed E-state index contributed by atoms with van der Waals surface area (Å²) in [4.78, 5) is 29.9. The highest BCUT2D eigenvalue weighted by Gasteiger charge is 2.23. The maximum Gasteiger partial charge on any atom is 0.325 e. The van der Waals surface area contributed by atoms with Gasteiger partial charge in [0.25, 0.3) is 5.56 Å². The number of allylic oxidation sites excluding steroid dienone is 2. The van der Waals surface area contributed by atoms with Gasteiger partial charge in [0, 0.05) is 30.5 Å². The minimum Gasteiger partial charge on any atom is -0.461 e. The summed E-state index contributed by atoms with van der Waals surface area (Å²) in [7, 11) is 0. The average molecular weight is 455 g/mol. The van der Waals surface area contributed by atoms with Gasteiger partial charge in [-0.25, -0.2) is 9.18 Å². The molecule has 32 heavy (non-hydrogen) atoms. The summed E-state index contributed by atoms with van der Waals surface area (Å²) >= 11 is 6.42. The molecule has 1 heterocycles. The van der Waals surface area contributed by atoms with Gasteiger partial charge in [-0.2, -0.15) is 0 Å². The fourth-order valence-electron chi connectivity index (χ4n) is 4.21. The van der Waals surface area contributed by atoms with Crippen molar-refractivity contribution in [3.8, 4) is 5.75 Å². The van der Waals surface area contributed by atoms with Crippen LogP contribution in [0.2, 0.25) is 5.02 Å². The summed E-state index contributed by atoms with van der Waals surface area (Å²) in [5.74, 6) is 0.413.